The van der Waals surface area contributed by atoms with Gasteiger partial charge >= 0.3 is 0 Å². The molecule has 2 unspecified atom stereocenters. The van der Waals surface area contributed by atoms with Gasteiger partial charge < -0.3 is 0 Å². The predicted molar refractivity (Wildman–Crippen MR) is 70.7 cm³/mol. The zero-order chi connectivity index (χ0) is 12.6. The highest BCUT2D eigenvalue weighted by molar-refractivity contribution is 6.91. The predicted octanol–water partition coefficient (Wildman–Crippen LogP) is 2.30. The summed E-state index contributed by atoms with van der Waals surface area (Å²) in [7, 11) is -1.88. The molecule has 1 aromatic heterocycles. The Bertz CT molecular complexity index is 526. The number of hydrogen-bond acceptors (Lipinski definition) is 2. The van der Waals surface area contributed by atoms with Crippen LogP contribution in [0.2, 0.25) is 11.6 Å². The van der Waals surface area contributed by atoms with Crippen molar-refractivity contribution in [3.05, 3.63) is 42.7 Å². The minimum atomic E-state index is -1.88. The van der Waals surface area contributed by atoms with Crippen LogP contribution >= 0.6 is 0 Å². The van der Waals surface area contributed by atoms with Crippen LogP contribution in [0, 0.1) is 5.82 Å². The van der Waals surface area contributed by atoms with Gasteiger partial charge in [0.15, 0.2) is 0 Å². The normalized spacial score (nSPS) is 27.6. The lowest BCUT2D eigenvalue weighted by Crippen LogP contribution is -2.55. The minimum Gasteiger partial charge on any atom is -0.278 e. The fourth-order valence-corrected chi connectivity index (χ4v) is 8.21. The summed E-state index contributed by atoms with van der Waals surface area (Å²) < 4.78 is 15.2. The van der Waals surface area contributed by atoms with E-state index in [9.17, 15) is 4.39 Å². The van der Waals surface area contributed by atoms with Crippen LogP contribution in [-0.4, -0.2) is 22.7 Å². The SMILES string of the molecule is CC1CCC[Si]1(c1ccc(F)cc1)n1cncn1. The van der Waals surface area contributed by atoms with E-state index in [1.165, 1.54) is 24.1 Å². The molecule has 94 valence electrons. The number of aromatic nitrogens is 3. The van der Waals surface area contributed by atoms with Gasteiger partial charge in [-0.05, 0) is 28.9 Å². The van der Waals surface area contributed by atoms with Crippen LogP contribution in [0.3, 0.4) is 0 Å². The van der Waals surface area contributed by atoms with Gasteiger partial charge in [-0.15, -0.1) is 0 Å². The van der Waals surface area contributed by atoms with Crippen LogP contribution in [0.4, 0.5) is 4.39 Å². The molecule has 0 N–H and O–H groups in total. The molecule has 2 heterocycles. The molecule has 0 saturated carbocycles. The second kappa shape index (κ2) is 4.31. The summed E-state index contributed by atoms with van der Waals surface area (Å²) in [4.78, 5) is 4.10. The standard InChI is InChI=1S/C13H16FN3Si/c1-11-3-2-8-18(11,17-10-15-9-16-17)13-6-4-12(14)5-7-13/h4-7,9-11H,2-3,8H2,1H3. The number of benzene rings is 1. The van der Waals surface area contributed by atoms with Crippen molar-refractivity contribution >= 4 is 13.4 Å². The van der Waals surface area contributed by atoms with Crippen molar-refractivity contribution in [2.75, 3.05) is 0 Å². The molecule has 5 heteroatoms. The second-order valence-corrected chi connectivity index (χ2v) is 9.43. The Hall–Kier alpha value is -1.49. The monoisotopic (exact) mass is 261 g/mol. The van der Waals surface area contributed by atoms with E-state index >= 15 is 0 Å². The molecule has 18 heavy (non-hydrogen) atoms. The van der Waals surface area contributed by atoms with Gasteiger partial charge in [-0.2, -0.15) is 5.10 Å². The van der Waals surface area contributed by atoms with E-state index in [2.05, 4.69) is 21.4 Å². The lowest BCUT2D eigenvalue weighted by atomic mass is 10.3. The highest BCUT2D eigenvalue weighted by Crippen LogP contribution is 2.39. The molecule has 1 aliphatic heterocycles. The molecule has 0 amide bonds. The summed E-state index contributed by atoms with van der Waals surface area (Å²) in [5.41, 5.74) is 0.615. The lowest BCUT2D eigenvalue weighted by molar-refractivity contribution is 0.628. The van der Waals surface area contributed by atoms with Crippen LogP contribution in [0.5, 0.6) is 0 Å². The average molecular weight is 261 g/mol. The summed E-state index contributed by atoms with van der Waals surface area (Å²) in [6, 6.07) is 8.16. The third kappa shape index (κ3) is 1.61. The van der Waals surface area contributed by atoms with Crippen molar-refractivity contribution in [2.24, 2.45) is 0 Å². The van der Waals surface area contributed by atoms with Crippen molar-refractivity contribution in [1.82, 2.24) is 14.4 Å². The first-order chi connectivity index (χ1) is 8.73. The molecule has 0 spiro atoms. The van der Waals surface area contributed by atoms with Gasteiger partial charge in [0, 0.05) is 0 Å². The van der Waals surface area contributed by atoms with Gasteiger partial charge in [-0.25, -0.2) is 9.37 Å². The smallest absolute Gasteiger partial charge is 0.220 e. The second-order valence-electron chi connectivity index (χ2n) is 5.06. The topological polar surface area (TPSA) is 30.7 Å². The Morgan fingerprint density at radius 2 is 2.11 bits per heavy atom. The summed E-state index contributed by atoms with van der Waals surface area (Å²) in [6.07, 6.45) is 5.88. The molecule has 0 aliphatic carbocycles. The number of halogens is 1. The van der Waals surface area contributed by atoms with E-state index in [1.807, 2.05) is 18.5 Å². The zero-order valence-corrected chi connectivity index (χ0v) is 11.4. The number of nitrogens with zero attached hydrogens (tertiary/aromatic N) is 3. The van der Waals surface area contributed by atoms with Crippen molar-refractivity contribution < 1.29 is 4.39 Å². The van der Waals surface area contributed by atoms with E-state index < -0.39 is 8.24 Å². The first-order valence-corrected chi connectivity index (χ1v) is 8.58. The van der Waals surface area contributed by atoms with Gasteiger partial charge in [0.1, 0.15) is 18.5 Å². The highest BCUT2D eigenvalue weighted by Gasteiger charge is 2.47. The van der Waals surface area contributed by atoms with Crippen molar-refractivity contribution in [3.8, 4) is 0 Å². The van der Waals surface area contributed by atoms with E-state index in [-0.39, 0.29) is 5.82 Å². The van der Waals surface area contributed by atoms with Gasteiger partial charge in [0.05, 0.1) is 0 Å². The van der Waals surface area contributed by atoms with Crippen molar-refractivity contribution in [3.63, 3.8) is 0 Å². The summed E-state index contributed by atoms with van der Waals surface area (Å²) in [5.74, 6) is -0.174. The molecule has 1 aliphatic rings. The van der Waals surface area contributed by atoms with Crippen LogP contribution < -0.4 is 5.19 Å². The van der Waals surface area contributed by atoms with Gasteiger partial charge in [0.25, 0.3) is 0 Å². The molecular formula is C13H16FN3Si. The minimum absolute atomic E-state index is 0.174. The molecular weight excluding hydrogens is 245 g/mol. The fourth-order valence-electron chi connectivity index (χ4n) is 3.22. The van der Waals surface area contributed by atoms with E-state index in [1.54, 1.807) is 18.5 Å². The first kappa shape index (κ1) is 11.6. The molecule has 1 saturated heterocycles. The molecule has 2 aromatic rings. The Kier molecular flexibility index (Phi) is 2.78. The average Bonchev–Trinajstić information content (AvgIpc) is 3.00. The van der Waals surface area contributed by atoms with E-state index in [0.717, 1.165) is 0 Å². The largest absolute Gasteiger partial charge is 0.278 e. The molecule has 0 bridgehead atoms. The molecule has 0 radical (unpaired) electrons. The van der Waals surface area contributed by atoms with Crippen LogP contribution in [-0.2, 0) is 0 Å². The van der Waals surface area contributed by atoms with Crippen LogP contribution in [0.15, 0.2) is 36.9 Å². The van der Waals surface area contributed by atoms with Crippen molar-refractivity contribution in [2.45, 2.75) is 31.4 Å². The van der Waals surface area contributed by atoms with Gasteiger partial charge in [-0.1, -0.05) is 31.9 Å². The summed E-state index contributed by atoms with van der Waals surface area (Å²) in [5, 5.41) is 5.66. The first-order valence-electron chi connectivity index (χ1n) is 6.34. The number of hydrogen-bond donors (Lipinski definition) is 0. The maximum absolute atomic E-state index is 13.1. The third-order valence-corrected chi connectivity index (χ3v) is 9.60. The Morgan fingerprint density at radius 3 is 2.67 bits per heavy atom. The van der Waals surface area contributed by atoms with E-state index in [4.69, 9.17) is 0 Å². The molecule has 1 fully saturated rings. The van der Waals surface area contributed by atoms with Gasteiger partial charge in [0.2, 0.25) is 8.24 Å². The Labute approximate surface area is 107 Å². The fraction of sp³-hybridized carbons (Fsp3) is 0.385. The quantitative estimate of drug-likeness (QED) is 0.777. The van der Waals surface area contributed by atoms with Gasteiger partial charge in [-0.3, -0.25) is 4.35 Å². The molecule has 1 aromatic carbocycles. The Balaban J connectivity index is 2.14. The highest BCUT2D eigenvalue weighted by atomic mass is 28.3. The number of rotatable bonds is 2. The maximum atomic E-state index is 13.1. The van der Waals surface area contributed by atoms with Crippen LogP contribution in [0.25, 0.3) is 0 Å². The summed E-state index contributed by atoms with van der Waals surface area (Å²) >= 11 is 0. The maximum Gasteiger partial charge on any atom is 0.220 e. The van der Waals surface area contributed by atoms with Crippen LogP contribution in [0.1, 0.15) is 19.8 Å². The molecule has 3 nitrogen and oxygen atoms in total. The van der Waals surface area contributed by atoms with Crippen molar-refractivity contribution in [1.29, 1.82) is 0 Å². The molecule has 3 rings (SSSR count). The zero-order valence-electron chi connectivity index (χ0n) is 10.4. The van der Waals surface area contributed by atoms with E-state index in [0.29, 0.717) is 5.54 Å². The Morgan fingerprint density at radius 1 is 1.33 bits per heavy atom. The summed E-state index contributed by atoms with van der Waals surface area (Å²) in [6.45, 7) is 2.30. The lowest BCUT2D eigenvalue weighted by Gasteiger charge is -2.31. The third-order valence-electron chi connectivity index (χ3n) is 4.18. The molecule has 2 atom stereocenters.